The molecule has 1 aromatic carbocycles. The molecule has 0 radical (unpaired) electrons. The van der Waals surface area contributed by atoms with Crippen LogP contribution in [0.2, 0.25) is 0 Å². The molecule has 0 aliphatic heterocycles. The lowest BCUT2D eigenvalue weighted by Gasteiger charge is -2.34. The molecule has 0 amide bonds. The van der Waals surface area contributed by atoms with Gasteiger partial charge in [0.2, 0.25) is 0 Å². The minimum Gasteiger partial charge on any atom is -0.481 e. The second-order valence-electron chi connectivity index (χ2n) is 6.57. The summed E-state index contributed by atoms with van der Waals surface area (Å²) in [7, 11) is 0. The first-order valence-corrected chi connectivity index (χ1v) is 8.22. The molecule has 1 heterocycles. The molecular weight excluding hydrogens is 359 g/mol. The number of carboxylic acids is 1. The first-order chi connectivity index (χ1) is 12.6. The summed E-state index contributed by atoms with van der Waals surface area (Å²) in [6.45, 7) is 3.33. The Morgan fingerprint density at radius 2 is 2.00 bits per heavy atom. The molecule has 1 aliphatic carbocycles. The van der Waals surface area contributed by atoms with E-state index in [1.165, 1.54) is 24.3 Å². The lowest BCUT2D eigenvalue weighted by Crippen LogP contribution is -2.45. The fourth-order valence-electron chi connectivity index (χ4n) is 3.14. The van der Waals surface area contributed by atoms with Gasteiger partial charge in [0.25, 0.3) is 0 Å². The van der Waals surface area contributed by atoms with Crippen LogP contribution >= 0.6 is 0 Å². The number of carboxylic acid groups (broad SMARTS) is 1. The molecule has 8 heteroatoms. The van der Waals surface area contributed by atoms with Gasteiger partial charge >= 0.3 is 12.1 Å². The Hall–Kier alpha value is -3.03. The molecule has 0 saturated heterocycles. The molecule has 1 aromatic heterocycles. The zero-order valence-electron chi connectivity index (χ0n) is 14.7. The summed E-state index contributed by atoms with van der Waals surface area (Å²) < 4.78 is 41.4. The molecule has 0 bridgehead atoms. The lowest BCUT2D eigenvalue weighted by atomic mass is 9.82. The maximum absolute atomic E-state index is 13.4. The zero-order chi connectivity index (χ0) is 19.8. The number of aliphatic carboxylic acids is 1. The first-order valence-electron chi connectivity index (χ1n) is 8.22. The van der Waals surface area contributed by atoms with Gasteiger partial charge in [0.1, 0.15) is 11.7 Å². The van der Waals surface area contributed by atoms with Crippen molar-refractivity contribution in [1.29, 1.82) is 0 Å². The Balaban J connectivity index is 2.08. The highest BCUT2D eigenvalue weighted by Gasteiger charge is 2.38. The third-order valence-corrected chi connectivity index (χ3v) is 4.44. The van der Waals surface area contributed by atoms with Gasteiger partial charge in [-0.25, -0.2) is 4.68 Å². The van der Waals surface area contributed by atoms with Crippen molar-refractivity contribution in [3.05, 3.63) is 65.9 Å². The van der Waals surface area contributed by atoms with Crippen LogP contribution in [-0.2, 0) is 11.0 Å². The van der Waals surface area contributed by atoms with Crippen LogP contribution in [0.25, 0.3) is 5.69 Å². The van der Waals surface area contributed by atoms with Gasteiger partial charge in [-0.05, 0) is 26.0 Å². The molecule has 3 rings (SSSR count). The maximum Gasteiger partial charge on any atom is 0.418 e. The molecule has 2 unspecified atom stereocenters. The fourth-order valence-corrected chi connectivity index (χ4v) is 3.14. The predicted molar refractivity (Wildman–Crippen MR) is 94.7 cm³/mol. The van der Waals surface area contributed by atoms with Crippen molar-refractivity contribution in [2.45, 2.75) is 25.6 Å². The molecule has 2 N–H and O–H groups in total. The molecule has 0 saturated carbocycles. The molecule has 1 aliphatic rings. The van der Waals surface area contributed by atoms with Crippen LogP contribution in [0.15, 0.2) is 54.6 Å². The Morgan fingerprint density at radius 3 is 2.67 bits per heavy atom. The number of alkyl halides is 3. The topological polar surface area (TPSA) is 67.2 Å². The van der Waals surface area contributed by atoms with Crippen molar-refractivity contribution in [2.75, 3.05) is 5.32 Å². The van der Waals surface area contributed by atoms with Gasteiger partial charge in [-0.1, -0.05) is 36.4 Å². The van der Waals surface area contributed by atoms with Crippen molar-refractivity contribution < 1.29 is 23.1 Å². The number of aryl methyl sites for hydroxylation is 1. The normalized spacial score (nSPS) is 22.0. The number of halogens is 3. The van der Waals surface area contributed by atoms with Gasteiger partial charge in [0.15, 0.2) is 0 Å². The number of hydrogen-bond acceptors (Lipinski definition) is 3. The largest absolute Gasteiger partial charge is 0.481 e. The number of anilines is 1. The van der Waals surface area contributed by atoms with Crippen LogP contribution in [0.3, 0.4) is 0 Å². The third-order valence-electron chi connectivity index (χ3n) is 4.44. The summed E-state index contributed by atoms with van der Waals surface area (Å²) in [6.07, 6.45) is 1.99. The quantitative estimate of drug-likeness (QED) is 0.838. The molecule has 2 aromatic rings. The molecule has 0 fully saturated rings. The number of carbonyl (C=O) groups is 1. The van der Waals surface area contributed by atoms with Crippen LogP contribution in [0.1, 0.15) is 18.2 Å². The summed E-state index contributed by atoms with van der Waals surface area (Å²) in [5.74, 6) is -1.65. The number of allylic oxidation sites excluding steroid dienone is 2. The number of nitrogens with one attached hydrogen (secondary N) is 1. The van der Waals surface area contributed by atoms with E-state index < -0.39 is 29.2 Å². The van der Waals surface area contributed by atoms with E-state index in [1.54, 1.807) is 38.1 Å². The second-order valence-corrected chi connectivity index (χ2v) is 6.57. The second kappa shape index (κ2) is 6.61. The minimum absolute atomic E-state index is 0.133. The summed E-state index contributed by atoms with van der Waals surface area (Å²) in [5.41, 5.74) is -1.49. The number of benzene rings is 1. The van der Waals surface area contributed by atoms with Crippen molar-refractivity contribution in [2.24, 2.45) is 5.92 Å². The number of hydrogen-bond donors (Lipinski definition) is 2. The van der Waals surface area contributed by atoms with Crippen molar-refractivity contribution >= 4 is 11.8 Å². The van der Waals surface area contributed by atoms with Gasteiger partial charge in [-0.3, -0.25) is 4.79 Å². The van der Waals surface area contributed by atoms with Crippen LogP contribution in [0, 0.1) is 12.8 Å². The maximum atomic E-state index is 13.4. The third kappa shape index (κ3) is 3.60. The average molecular weight is 377 g/mol. The SMILES string of the molecule is Cc1cc(NC2(C)C=CC=CC2C(=O)O)n(-c2ccccc2C(F)(F)F)n1. The molecule has 27 heavy (non-hydrogen) atoms. The molecule has 5 nitrogen and oxygen atoms in total. The summed E-state index contributed by atoms with van der Waals surface area (Å²) >= 11 is 0. The van der Waals surface area contributed by atoms with E-state index in [-0.39, 0.29) is 11.5 Å². The zero-order valence-corrected chi connectivity index (χ0v) is 14.7. The monoisotopic (exact) mass is 377 g/mol. The van der Waals surface area contributed by atoms with Crippen molar-refractivity contribution in [3.63, 3.8) is 0 Å². The Bertz CT molecular complexity index is 931. The fraction of sp³-hybridized carbons (Fsp3) is 0.263. The molecule has 142 valence electrons. The average Bonchev–Trinajstić information content (AvgIpc) is 2.93. The molecular formula is C19H18F3N3O2. The van der Waals surface area contributed by atoms with Crippen molar-refractivity contribution in [1.82, 2.24) is 9.78 Å². The van der Waals surface area contributed by atoms with Gasteiger partial charge < -0.3 is 10.4 Å². The van der Waals surface area contributed by atoms with E-state index in [0.717, 1.165) is 10.7 Å². The summed E-state index contributed by atoms with van der Waals surface area (Å²) in [6, 6.07) is 6.71. The van der Waals surface area contributed by atoms with E-state index >= 15 is 0 Å². The van der Waals surface area contributed by atoms with Gasteiger partial charge in [0.05, 0.1) is 22.5 Å². The van der Waals surface area contributed by atoms with Crippen LogP contribution in [0.4, 0.5) is 19.0 Å². The number of para-hydroxylation sites is 1. The van der Waals surface area contributed by atoms with E-state index in [2.05, 4.69) is 10.4 Å². The predicted octanol–water partition coefficient (Wildman–Crippen LogP) is 4.20. The van der Waals surface area contributed by atoms with E-state index in [9.17, 15) is 23.1 Å². The van der Waals surface area contributed by atoms with Crippen LogP contribution in [-0.4, -0.2) is 26.4 Å². The molecule has 0 spiro atoms. The van der Waals surface area contributed by atoms with Gasteiger partial charge in [-0.2, -0.15) is 18.3 Å². The van der Waals surface area contributed by atoms with Crippen LogP contribution in [0.5, 0.6) is 0 Å². The Kier molecular flexibility index (Phi) is 4.59. The lowest BCUT2D eigenvalue weighted by molar-refractivity contribution is -0.141. The number of aromatic nitrogens is 2. The van der Waals surface area contributed by atoms with Crippen molar-refractivity contribution in [3.8, 4) is 5.69 Å². The summed E-state index contributed by atoms with van der Waals surface area (Å²) in [5, 5.41) is 16.8. The highest BCUT2D eigenvalue weighted by molar-refractivity contribution is 5.76. The Labute approximate surface area is 153 Å². The van der Waals surface area contributed by atoms with Crippen LogP contribution < -0.4 is 5.32 Å². The number of nitrogens with zero attached hydrogens (tertiary/aromatic N) is 2. The smallest absolute Gasteiger partial charge is 0.418 e. The minimum atomic E-state index is -4.55. The summed E-state index contributed by atoms with van der Waals surface area (Å²) in [4.78, 5) is 11.6. The van der Waals surface area contributed by atoms with Gasteiger partial charge in [0, 0.05) is 6.07 Å². The van der Waals surface area contributed by atoms with E-state index in [0.29, 0.717) is 5.69 Å². The van der Waals surface area contributed by atoms with Gasteiger partial charge in [-0.15, -0.1) is 0 Å². The Morgan fingerprint density at radius 1 is 1.30 bits per heavy atom. The van der Waals surface area contributed by atoms with E-state index in [1.807, 2.05) is 0 Å². The van der Waals surface area contributed by atoms with E-state index in [4.69, 9.17) is 0 Å². The number of rotatable bonds is 4. The standard InChI is InChI=1S/C19H18F3N3O2/c1-12-11-16(23-18(2)10-6-5-8-14(18)17(26)27)25(24-12)15-9-4-3-7-13(15)19(20,21)22/h3-11,14,23H,1-2H3,(H,26,27). The highest BCUT2D eigenvalue weighted by Crippen LogP contribution is 2.36. The highest BCUT2D eigenvalue weighted by atomic mass is 19.4. The molecule has 2 atom stereocenters. The first kappa shape index (κ1) is 18.8.